The van der Waals surface area contributed by atoms with Crippen molar-refractivity contribution < 1.29 is 9.50 Å². The van der Waals surface area contributed by atoms with Crippen molar-refractivity contribution in [2.45, 2.75) is 18.8 Å². The third-order valence-corrected chi connectivity index (χ3v) is 4.39. The van der Waals surface area contributed by atoms with E-state index in [0.29, 0.717) is 12.0 Å². The summed E-state index contributed by atoms with van der Waals surface area (Å²) in [6.07, 6.45) is 0.355. The van der Waals surface area contributed by atoms with Gasteiger partial charge < -0.3 is 10.8 Å². The Balaban J connectivity index is 2.42. The van der Waals surface area contributed by atoms with E-state index in [2.05, 4.69) is 15.9 Å². The predicted molar refractivity (Wildman–Crippen MR) is 86.8 cm³/mol. The summed E-state index contributed by atoms with van der Waals surface area (Å²) in [5.41, 5.74) is 7.87. The Labute approximate surface area is 132 Å². The average Bonchev–Trinajstić information content (AvgIpc) is 2.49. The molecule has 2 aromatic rings. The number of aryl methyl sites for hydroxylation is 1. The maximum atomic E-state index is 14.0. The van der Waals surface area contributed by atoms with Crippen LogP contribution in [-0.2, 0) is 11.8 Å². The minimum absolute atomic E-state index is 0.126. The van der Waals surface area contributed by atoms with Crippen molar-refractivity contribution >= 4 is 15.9 Å². The van der Waals surface area contributed by atoms with Gasteiger partial charge in [0.05, 0.1) is 6.61 Å². The Morgan fingerprint density at radius 3 is 2.43 bits per heavy atom. The first-order valence-electron chi connectivity index (χ1n) is 6.83. The fourth-order valence-electron chi connectivity index (χ4n) is 2.45. The first-order valence-corrected chi connectivity index (χ1v) is 7.62. The lowest BCUT2D eigenvalue weighted by Crippen LogP contribution is -2.41. The van der Waals surface area contributed by atoms with Gasteiger partial charge in [-0.25, -0.2) is 4.39 Å². The van der Waals surface area contributed by atoms with E-state index in [4.69, 9.17) is 5.73 Å². The smallest absolute Gasteiger partial charge is 0.126 e. The van der Waals surface area contributed by atoms with Crippen molar-refractivity contribution in [3.63, 3.8) is 0 Å². The Kier molecular flexibility index (Phi) is 5.14. The van der Waals surface area contributed by atoms with Gasteiger partial charge >= 0.3 is 0 Å². The molecule has 0 amide bonds. The molecular formula is C17H19BrFNO. The molecule has 3 N–H and O–H groups in total. The third-order valence-electron chi connectivity index (χ3n) is 3.89. The van der Waals surface area contributed by atoms with Gasteiger partial charge in [0.15, 0.2) is 0 Å². The molecule has 4 heteroatoms. The first kappa shape index (κ1) is 16.1. The Morgan fingerprint density at radius 1 is 1.19 bits per heavy atom. The van der Waals surface area contributed by atoms with Crippen LogP contribution in [0.15, 0.2) is 46.9 Å². The van der Waals surface area contributed by atoms with Crippen molar-refractivity contribution in [2.75, 3.05) is 13.2 Å². The highest BCUT2D eigenvalue weighted by Crippen LogP contribution is 2.30. The van der Waals surface area contributed by atoms with E-state index >= 15 is 0 Å². The van der Waals surface area contributed by atoms with Crippen LogP contribution in [0.1, 0.15) is 16.7 Å². The van der Waals surface area contributed by atoms with Crippen LogP contribution in [0.5, 0.6) is 0 Å². The van der Waals surface area contributed by atoms with Crippen molar-refractivity contribution in [1.82, 2.24) is 0 Å². The highest BCUT2D eigenvalue weighted by molar-refractivity contribution is 9.10. The van der Waals surface area contributed by atoms with Crippen molar-refractivity contribution in [3.8, 4) is 0 Å². The van der Waals surface area contributed by atoms with Crippen LogP contribution < -0.4 is 5.73 Å². The van der Waals surface area contributed by atoms with Crippen LogP contribution in [0.4, 0.5) is 4.39 Å². The van der Waals surface area contributed by atoms with E-state index in [-0.39, 0.29) is 19.0 Å². The number of aliphatic hydroxyl groups excluding tert-OH is 1. The second-order valence-corrected chi connectivity index (χ2v) is 6.34. The lowest BCUT2D eigenvalue weighted by Gasteiger charge is -2.31. The molecule has 0 spiro atoms. The molecular weight excluding hydrogens is 333 g/mol. The van der Waals surface area contributed by atoms with E-state index in [1.807, 2.05) is 31.2 Å². The molecule has 0 fully saturated rings. The van der Waals surface area contributed by atoms with Crippen LogP contribution in [0.2, 0.25) is 0 Å². The second-order valence-electron chi connectivity index (χ2n) is 5.42. The molecule has 0 saturated carbocycles. The molecule has 0 aliphatic carbocycles. The standard InChI is InChI=1S/C17H19BrFNO/c1-12-2-4-14(5-3-12)17(10-20,11-21)9-13-8-15(18)6-7-16(13)19/h2-8,21H,9-11,20H2,1H3. The molecule has 2 nitrogen and oxygen atoms in total. The molecule has 2 aromatic carbocycles. The van der Waals surface area contributed by atoms with Crippen LogP contribution in [-0.4, -0.2) is 18.3 Å². The zero-order valence-electron chi connectivity index (χ0n) is 11.9. The minimum Gasteiger partial charge on any atom is -0.395 e. The van der Waals surface area contributed by atoms with Gasteiger partial charge in [0, 0.05) is 16.4 Å². The van der Waals surface area contributed by atoms with Gasteiger partial charge in [-0.15, -0.1) is 0 Å². The van der Waals surface area contributed by atoms with Gasteiger partial charge in [-0.1, -0.05) is 45.8 Å². The summed E-state index contributed by atoms with van der Waals surface area (Å²) in [6, 6.07) is 12.7. The highest BCUT2D eigenvalue weighted by atomic mass is 79.9. The van der Waals surface area contributed by atoms with Crippen LogP contribution in [0.25, 0.3) is 0 Å². The summed E-state index contributed by atoms with van der Waals surface area (Å²) in [4.78, 5) is 0. The van der Waals surface area contributed by atoms with E-state index < -0.39 is 5.41 Å². The molecule has 0 aliphatic rings. The van der Waals surface area contributed by atoms with Gasteiger partial charge in [0.25, 0.3) is 0 Å². The number of halogens is 2. The lowest BCUT2D eigenvalue weighted by molar-refractivity contribution is 0.195. The van der Waals surface area contributed by atoms with Gasteiger partial charge in [-0.05, 0) is 42.7 Å². The summed E-state index contributed by atoms with van der Waals surface area (Å²) in [5.74, 6) is -0.281. The number of hydrogen-bond donors (Lipinski definition) is 2. The summed E-state index contributed by atoms with van der Waals surface area (Å²) >= 11 is 3.35. The van der Waals surface area contributed by atoms with Crippen molar-refractivity contribution in [2.24, 2.45) is 5.73 Å². The molecule has 2 rings (SSSR count). The van der Waals surface area contributed by atoms with Gasteiger partial charge in [-0.3, -0.25) is 0 Å². The summed E-state index contributed by atoms with van der Waals surface area (Å²) in [5, 5.41) is 9.91. The molecule has 1 atom stereocenters. The number of aliphatic hydroxyl groups is 1. The zero-order chi connectivity index (χ0) is 15.5. The van der Waals surface area contributed by atoms with Crippen LogP contribution in [0.3, 0.4) is 0 Å². The van der Waals surface area contributed by atoms with E-state index in [9.17, 15) is 9.50 Å². The van der Waals surface area contributed by atoms with Gasteiger partial charge in [0.2, 0.25) is 0 Å². The Hall–Kier alpha value is -1.23. The van der Waals surface area contributed by atoms with Crippen molar-refractivity contribution in [3.05, 3.63) is 69.4 Å². The normalized spacial score (nSPS) is 14.0. The number of rotatable bonds is 5. The fraction of sp³-hybridized carbons (Fsp3) is 0.294. The molecule has 1 unspecified atom stereocenters. The molecule has 0 heterocycles. The van der Waals surface area contributed by atoms with E-state index in [1.165, 1.54) is 6.07 Å². The van der Waals surface area contributed by atoms with Gasteiger partial charge in [0.1, 0.15) is 5.82 Å². The summed E-state index contributed by atoms with van der Waals surface area (Å²) in [6.45, 7) is 2.12. The van der Waals surface area contributed by atoms with E-state index in [0.717, 1.165) is 15.6 Å². The lowest BCUT2D eigenvalue weighted by atomic mass is 9.76. The summed E-state index contributed by atoms with van der Waals surface area (Å²) < 4.78 is 14.8. The molecule has 112 valence electrons. The highest BCUT2D eigenvalue weighted by Gasteiger charge is 2.31. The topological polar surface area (TPSA) is 46.2 Å². The predicted octanol–water partition coefficient (Wildman–Crippen LogP) is 3.33. The number of benzene rings is 2. The maximum Gasteiger partial charge on any atom is 0.126 e. The summed E-state index contributed by atoms with van der Waals surface area (Å²) in [7, 11) is 0. The number of nitrogens with two attached hydrogens (primary N) is 1. The van der Waals surface area contributed by atoms with Crippen LogP contribution in [0, 0.1) is 12.7 Å². The SMILES string of the molecule is Cc1ccc(C(CN)(CO)Cc2cc(Br)ccc2F)cc1. The third kappa shape index (κ3) is 3.51. The number of hydrogen-bond acceptors (Lipinski definition) is 2. The first-order chi connectivity index (χ1) is 10.0. The molecule has 0 aliphatic heterocycles. The minimum atomic E-state index is -0.671. The van der Waals surface area contributed by atoms with Crippen molar-refractivity contribution in [1.29, 1.82) is 0 Å². The van der Waals surface area contributed by atoms with E-state index in [1.54, 1.807) is 12.1 Å². The second kappa shape index (κ2) is 6.69. The molecule has 0 saturated heterocycles. The Bertz CT molecular complexity index is 609. The zero-order valence-corrected chi connectivity index (χ0v) is 13.5. The molecule has 0 aromatic heterocycles. The Morgan fingerprint density at radius 2 is 1.86 bits per heavy atom. The average molecular weight is 352 g/mol. The van der Waals surface area contributed by atoms with Crippen LogP contribution >= 0.6 is 15.9 Å². The van der Waals surface area contributed by atoms with Gasteiger partial charge in [-0.2, -0.15) is 0 Å². The monoisotopic (exact) mass is 351 g/mol. The quantitative estimate of drug-likeness (QED) is 0.867. The molecule has 21 heavy (non-hydrogen) atoms. The molecule has 0 bridgehead atoms. The maximum absolute atomic E-state index is 14.0. The molecule has 0 radical (unpaired) electrons. The fourth-order valence-corrected chi connectivity index (χ4v) is 2.86. The largest absolute Gasteiger partial charge is 0.395 e.